The minimum atomic E-state index is -0.715. The van der Waals surface area contributed by atoms with Gasteiger partial charge in [-0.1, -0.05) is 24.6 Å². The van der Waals surface area contributed by atoms with Gasteiger partial charge in [0.05, 0.1) is 11.1 Å². The molecule has 0 spiro atoms. The van der Waals surface area contributed by atoms with E-state index in [0.717, 1.165) is 11.3 Å². The number of carbonyl (C=O) groups excluding carboxylic acids is 3. The number of hydrogen-bond acceptors (Lipinski definition) is 4. The highest BCUT2D eigenvalue weighted by Crippen LogP contribution is 2.28. The van der Waals surface area contributed by atoms with Gasteiger partial charge in [-0.2, -0.15) is 0 Å². The van der Waals surface area contributed by atoms with Crippen LogP contribution >= 0.6 is 11.6 Å². The molecule has 1 atom stereocenters. The van der Waals surface area contributed by atoms with E-state index in [1.54, 1.807) is 18.2 Å². The number of benzene rings is 2. The maximum absolute atomic E-state index is 13.0. The Morgan fingerprint density at radius 3 is 2.61 bits per heavy atom. The molecule has 31 heavy (non-hydrogen) atoms. The van der Waals surface area contributed by atoms with Crippen molar-refractivity contribution in [3.05, 3.63) is 64.6 Å². The van der Waals surface area contributed by atoms with Gasteiger partial charge in [-0.25, -0.2) is 14.1 Å². The van der Waals surface area contributed by atoms with E-state index in [2.05, 4.69) is 10.6 Å². The number of amides is 4. The average molecular weight is 446 g/mol. The number of anilines is 1. The number of carbonyl (C=O) groups is 3. The lowest BCUT2D eigenvalue weighted by atomic mass is 10.1. The van der Waals surface area contributed by atoms with Crippen LogP contribution < -0.4 is 15.4 Å². The van der Waals surface area contributed by atoms with E-state index in [-0.39, 0.29) is 11.8 Å². The minimum Gasteiger partial charge on any atom is -0.489 e. The molecule has 1 unspecified atom stereocenters. The molecule has 1 aliphatic rings. The molecule has 162 valence electrons. The summed E-state index contributed by atoms with van der Waals surface area (Å²) in [7, 11) is 0. The summed E-state index contributed by atoms with van der Waals surface area (Å²) in [6.07, 6.45) is 2.30. The zero-order valence-corrected chi connectivity index (χ0v) is 17.7. The molecule has 1 fully saturated rings. The average Bonchev–Trinajstić information content (AvgIpc) is 2.99. The molecular formula is C22H21ClFN3O4. The number of hydrogen-bond donors (Lipinski definition) is 2. The molecule has 3 rings (SSSR count). The van der Waals surface area contributed by atoms with E-state index in [4.69, 9.17) is 16.3 Å². The number of halogens is 2. The molecule has 2 aromatic rings. The van der Waals surface area contributed by atoms with E-state index >= 15 is 0 Å². The summed E-state index contributed by atoms with van der Waals surface area (Å²) in [4.78, 5) is 37.7. The van der Waals surface area contributed by atoms with Gasteiger partial charge in [0.2, 0.25) is 5.91 Å². The van der Waals surface area contributed by atoms with E-state index in [1.807, 2.05) is 13.8 Å². The lowest BCUT2D eigenvalue weighted by Gasteiger charge is -2.14. The molecule has 0 aromatic heterocycles. The summed E-state index contributed by atoms with van der Waals surface area (Å²) in [5, 5.41) is 5.33. The molecule has 2 N–H and O–H groups in total. The highest BCUT2D eigenvalue weighted by molar-refractivity contribution is 6.32. The quantitative estimate of drug-likeness (QED) is 0.494. The predicted octanol–water partition coefficient (Wildman–Crippen LogP) is 4.19. The summed E-state index contributed by atoms with van der Waals surface area (Å²) >= 11 is 6.25. The highest BCUT2D eigenvalue weighted by atomic mass is 35.5. The molecule has 1 heterocycles. The molecule has 0 bridgehead atoms. The van der Waals surface area contributed by atoms with Crippen molar-refractivity contribution in [1.29, 1.82) is 0 Å². The minimum absolute atomic E-state index is 0.00650. The van der Waals surface area contributed by atoms with E-state index in [9.17, 15) is 18.8 Å². The Balaban J connectivity index is 1.67. The van der Waals surface area contributed by atoms with Gasteiger partial charge in [-0.05, 0) is 61.4 Å². The van der Waals surface area contributed by atoms with E-state index in [0.29, 0.717) is 22.0 Å². The first-order valence-corrected chi connectivity index (χ1v) is 10.0. The Morgan fingerprint density at radius 2 is 1.97 bits per heavy atom. The fourth-order valence-corrected chi connectivity index (χ4v) is 3.00. The van der Waals surface area contributed by atoms with Crippen LogP contribution in [0.2, 0.25) is 5.02 Å². The van der Waals surface area contributed by atoms with Crippen LogP contribution in [0.4, 0.5) is 14.9 Å². The standard InChI is InChI=1S/C22H21ClFN3O4/c1-3-13(2)31-19-9-4-14(10-17(19)23)11-18-21(29)27(22(30)26-18)12-20(28)25-16-7-5-15(24)6-8-16/h4-11,13H,3,12H2,1-2H3,(H,25,28)(H,26,30)/b18-11-. The molecule has 1 saturated heterocycles. The number of urea groups is 1. The molecular weight excluding hydrogens is 425 g/mol. The summed E-state index contributed by atoms with van der Waals surface area (Å²) in [6.45, 7) is 3.44. The zero-order chi connectivity index (χ0) is 22.5. The SMILES string of the molecule is CCC(C)Oc1ccc(/C=C2\NC(=O)N(CC(=O)Nc3ccc(F)cc3)C2=O)cc1Cl. The van der Waals surface area contributed by atoms with Crippen molar-refractivity contribution in [1.82, 2.24) is 10.2 Å². The van der Waals surface area contributed by atoms with E-state index in [1.165, 1.54) is 30.3 Å². The molecule has 1 aliphatic heterocycles. The monoisotopic (exact) mass is 445 g/mol. The second-order valence-electron chi connectivity index (χ2n) is 6.96. The van der Waals surface area contributed by atoms with E-state index < -0.39 is 30.2 Å². The first-order chi connectivity index (χ1) is 14.8. The number of imide groups is 1. The van der Waals surface area contributed by atoms with Crippen LogP contribution in [0.15, 0.2) is 48.2 Å². The second kappa shape index (κ2) is 9.61. The van der Waals surface area contributed by atoms with Crippen molar-refractivity contribution >= 4 is 41.2 Å². The predicted molar refractivity (Wildman–Crippen MR) is 115 cm³/mol. The summed E-state index contributed by atoms with van der Waals surface area (Å²) < 4.78 is 18.7. The normalized spacial score (nSPS) is 15.7. The van der Waals surface area contributed by atoms with Gasteiger partial charge in [0.15, 0.2) is 0 Å². The largest absolute Gasteiger partial charge is 0.489 e. The Labute approximate surface area is 183 Å². The van der Waals surface area contributed by atoms with Crippen molar-refractivity contribution in [2.45, 2.75) is 26.4 Å². The molecule has 4 amide bonds. The lowest BCUT2D eigenvalue weighted by Crippen LogP contribution is -2.38. The van der Waals surface area contributed by atoms with Crippen molar-refractivity contribution < 1.29 is 23.5 Å². The maximum Gasteiger partial charge on any atom is 0.329 e. The van der Waals surface area contributed by atoms with Crippen LogP contribution in [0.1, 0.15) is 25.8 Å². The van der Waals surface area contributed by atoms with Crippen LogP contribution in [0, 0.1) is 5.82 Å². The third kappa shape index (κ3) is 5.61. The number of rotatable bonds is 7. The number of ether oxygens (including phenoxy) is 1. The van der Waals surface area contributed by atoms with Crippen molar-refractivity contribution in [2.24, 2.45) is 0 Å². The van der Waals surface area contributed by atoms with Gasteiger partial charge >= 0.3 is 6.03 Å². The molecule has 9 heteroatoms. The van der Waals surface area contributed by atoms with Crippen molar-refractivity contribution in [2.75, 3.05) is 11.9 Å². The van der Waals surface area contributed by atoms with Crippen molar-refractivity contribution in [3.63, 3.8) is 0 Å². The topological polar surface area (TPSA) is 87.7 Å². The third-order valence-corrected chi connectivity index (χ3v) is 4.86. The smallest absolute Gasteiger partial charge is 0.329 e. The fraction of sp³-hybridized carbons (Fsp3) is 0.227. The Morgan fingerprint density at radius 1 is 1.26 bits per heavy atom. The molecule has 7 nitrogen and oxygen atoms in total. The van der Waals surface area contributed by atoms with Gasteiger partial charge in [0.25, 0.3) is 5.91 Å². The Hall–Kier alpha value is -3.39. The zero-order valence-electron chi connectivity index (χ0n) is 16.9. The molecule has 2 aromatic carbocycles. The Bertz CT molecular complexity index is 1040. The number of nitrogens with one attached hydrogen (secondary N) is 2. The summed E-state index contributed by atoms with van der Waals surface area (Å²) in [5.74, 6) is -1.15. The summed E-state index contributed by atoms with van der Waals surface area (Å²) in [5.41, 5.74) is 0.956. The van der Waals surface area contributed by atoms with Crippen molar-refractivity contribution in [3.8, 4) is 5.75 Å². The van der Waals surface area contributed by atoms with Gasteiger partial charge < -0.3 is 15.4 Å². The van der Waals surface area contributed by atoms with Crippen LogP contribution in [-0.2, 0) is 9.59 Å². The van der Waals surface area contributed by atoms with Gasteiger partial charge in [-0.3, -0.25) is 9.59 Å². The lowest BCUT2D eigenvalue weighted by molar-refractivity contribution is -0.127. The van der Waals surface area contributed by atoms with Crippen LogP contribution in [-0.4, -0.2) is 35.4 Å². The molecule has 0 saturated carbocycles. The fourth-order valence-electron chi connectivity index (χ4n) is 2.76. The number of nitrogens with zero attached hydrogens (tertiary/aromatic N) is 1. The second-order valence-corrected chi connectivity index (χ2v) is 7.37. The molecule has 0 aliphatic carbocycles. The highest BCUT2D eigenvalue weighted by Gasteiger charge is 2.34. The summed E-state index contributed by atoms with van der Waals surface area (Å²) in [6, 6.07) is 9.44. The first kappa shape index (κ1) is 22.3. The third-order valence-electron chi connectivity index (χ3n) is 4.56. The Kier molecular flexibility index (Phi) is 6.91. The first-order valence-electron chi connectivity index (χ1n) is 9.63. The maximum atomic E-state index is 13.0. The van der Waals surface area contributed by atoms with Crippen LogP contribution in [0.25, 0.3) is 6.08 Å². The van der Waals surface area contributed by atoms with Gasteiger partial charge in [-0.15, -0.1) is 0 Å². The molecule has 0 radical (unpaired) electrons. The van der Waals surface area contributed by atoms with Crippen LogP contribution in [0.5, 0.6) is 5.75 Å². The van der Waals surface area contributed by atoms with Crippen LogP contribution in [0.3, 0.4) is 0 Å². The van der Waals surface area contributed by atoms with Gasteiger partial charge in [0.1, 0.15) is 23.8 Å². The van der Waals surface area contributed by atoms with Gasteiger partial charge in [0, 0.05) is 5.69 Å².